The van der Waals surface area contributed by atoms with Crippen LogP contribution in [0.4, 0.5) is 5.82 Å². The zero-order valence-electron chi connectivity index (χ0n) is 12.3. The number of nitrogens with two attached hydrogens (primary N) is 2. The Bertz CT molecular complexity index is 775. The number of nitrogen functional groups attached to an aromatic ring is 1. The largest absolute Gasteiger partial charge is 0.382 e. The van der Waals surface area contributed by atoms with Gasteiger partial charge in [-0.2, -0.15) is 0 Å². The maximum absolute atomic E-state index is 6.12. The number of nitrogens with zero attached hydrogens (tertiary/aromatic N) is 3. The Balaban J connectivity index is 2.34. The van der Waals surface area contributed by atoms with Crippen molar-refractivity contribution < 1.29 is 0 Å². The van der Waals surface area contributed by atoms with Gasteiger partial charge in [-0.1, -0.05) is 25.1 Å². The minimum atomic E-state index is 0.507. The Morgan fingerprint density at radius 2 is 2.00 bits per heavy atom. The van der Waals surface area contributed by atoms with Crippen LogP contribution in [0.1, 0.15) is 25.6 Å². The van der Waals surface area contributed by atoms with E-state index in [1.54, 1.807) is 0 Å². The van der Waals surface area contributed by atoms with Crippen LogP contribution in [0.2, 0.25) is 0 Å². The Morgan fingerprint density at radius 1 is 1.19 bits per heavy atom. The van der Waals surface area contributed by atoms with Crippen LogP contribution in [0.25, 0.3) is 21.9 Å². The van der Waals surface area contributed by atoms with Crippen molar-refractivity contribution in [3.63, 3.8) is 0 Å². The van der Waals surface area contributed by atoms with Crippen molar-refractivity contribution in [2.75, 3.05) is 12.3 Å². The van der Waals surface area contributed by atoms with Crippen molar-refractivity contribution in [1.82, 2.24) is 14.5 Å². The third-order valence-electron chi connectivity index (χ3n) is 3.75. The van der Waals surface area contributed by atoms with E-state index in [1.807, 2.05) is 18.2 Å². The number of hydrogen-bond acceptors (Lipinski definition) is 4. The fraction of sp³-hybridized carbons (Fsp3) is 0.375. The van der Waals surface area contributed by atoms with Gasteiger partial charge in [-0.05, 0) is 25.5 Å². The molecule has 3 aromatic rings. The molecule has 0 aliphatic heterocycles. The van der Waals surface area contributed by atoms with Crippen molar-refractivity contribution >= 4 is 27.8 Å². The fourth-order valence-corrected chi connectivity index (χ4v) is 2.81. The van der Waals surface area contributed by atoms with Crippen molar-refractivity contribution in [2.24, 2.45) is 5.73 Å². The van der Waals surface area contributed by atoms with E-state index in [4.69, 9.17) is 16.5 Å². The summed E-state index contributed by atoms with van der Waals surface area (Å²) in [7, 11) is 0. The zero-order valence-corrected chi connectivity index (χ0v) is 12.3. The molecule has 1 aromatic carbocycles. The summed E-state index contributed by atoms with van der Waals surface area (Å²) in [6.07, 6.45) is 2.92. The van der Waals surface area contributed by atoms with E-state index in [9.17, 15) is 0 Å². The Labute approximate surface area is 124 Å². The van der Waals surface area contributed by atoms with Gasteiger partial charge in [0.15, 0.2) is 5.82 Å². The summed E-state index contributed by atoms with van der Waals surface area (Å²) >= 11 is 0. The van der Waals surface area contributed by atoms with Gasteiger partial charge in [-0.25, -0.2) is 9.97 Å². The molecule has 110 valence electrons. The van der Waals surface area contributed by atoms with E-state index in [0.717, 1.165) is 53.6 Å². The number of anilines is 1. The Morgan fingerprint density at radius 3 is 2.76 bits per heavy atom. The molecule has 0 unspecified atom stereocenters. The number of hydrogen-bond donors (Lipinski definition) is 2. The lowest BCUT2D eigenvalue weighted by molar-refractivity contribution is 0.627. The van der Waals surface area contributed by atoms with Gasteiger partial charge in [0, 0.05) is 18.4 Å². The highest BCUT2D eigenvalue weighted by atomic mass is 15.1. The molecule has 5 heteroatoms. The quantitative estimate of drug-likeness (QED) is 0.753. The maximum atomic E-state index is 6.12. The second kappa shape index (κ2) is 5.69. The molecule has 0 saturated carbocycles. The van der Waals surface area contributed by atoms with Gasteiger partial charge < -0.3 is 16.0 Å². The van der Waals surface area contributed by atoms with Gasteiger partial charge in [0.25, 0.3) is 0 Å². The topological polar surface area (TPSA) is 82.8 Å². The van der Waals surface area contributed by atoms with Crippen LogP contribution in [0.15, 0.2) is 24.3 Å². The SMILES string of the molecule is CCCc1nc2c(N)nc3ccccc3c2n1CCCN. The lowest BCUT2D eigenvalue weighted by Crippen LogP contribution is -2.09. The van der Waals surface area contributed by atoms with Crippen molar-refractivity contribution in [2.45, 2.75) is 32.7 Å². The summed E-state index contributed by atoms with van der Waals surface area (Å²) in [6, 6.07) is 8.08. The molecule has 0 aliphatic rings. The third-order valence-corrected chi connectivity index (χ3v) is 3.75. The Hall–Kier alpha value is -2.14. The van der Waals surface area contributed by atoms with Crippen LogP contribution in [0.3, 0.4) is 0 Å². The molecule has 0 radical (unpaired) electrons. The number of fused-ring (bicyclic) bond motifs is 3. The molecule has 2 heterocycles. The van der Waals surface area contributed by atoms with E-state index in [2.05, 4.69) is 22.5 Å². The molecule has 2 aromatic heterocycles. The lowest BCUT2D eigenvalue weighted by atomic mass is 10.2. The predicted octanol–water partition coefficient (Wildman–Crippen LogP) is 2.47. The molecule has 0 bridgehead atoms. The van der Waals surface area contributed by atoms with Crippen LogP contribution in [-0.4, -0.2) is 21.1 Å². The number of benzene rings is 1. The molecule has 0 atom stereocenters. The van der Waals surface area contributed by atoms with Gasteiger partial charge >= 0.3 is 0 Å². The van der Waals surface area contributed by atoms with Crippen LogP contribution < -0.4 is 11.5 Å². The van der Waals surface area contributed by atoms with Gasteiger partial charge in [-0.15, -0.1) is 0 Å². The monoisotopic (exact) mass is 283 g/mol. The molecule has 0 fully saturated rings. The fourth-order valence-electron chi connectivity index (χ4n) is 2.81. The summed E-state index contributed by atoms with van der Waals surface area (Å²) < 4.78 is 2.27. The molecule has 21 heavy (non-hydrogen) atoms. The molecule has 0 amide bonds. The average molecular weight is 283 g/mol. The highest BCUT2D eigenvalue weighted by Crippen LogP contribution is 2.29. The number of pyridine rings is 1. The molecule has 4 N–H and O–H groups in total. The highest BCUT2D eigenvalue weighted by molar-refractivity contribution is 6.06. The summed E-state index contributed by atoms with van der Waals surface area (Å²) in [5, 5.41) is 1.11. The molecule has 3 rings (SSSR count). The first-order valence-electron chi connectivity index (χ1n) is 7.49. The third kappa shape index (κ3) is 2.34. The van der Waals surface area contributed by atoms with Crippen molar-refractivity contribution in [3.05, 3.63) is 30.1 Å². The standard InChI is InChI=1S/C16H21N5/c1-2-6-13-20-14-15(21(13)10-5-9-17)11-7-3-4-8-12(11)19-16(14)18/h3-4,7-8H,2,5-6,9-10,17H2,1H3,(H2,18,19). The molecule has 0 saturated heterocycles. The number of para-hydroxylation sites is 1. The van der Waals surface area contributed by atoms with Crippen LogP contribution in [0.5, 0.6) is 0 Å². The summed E-state index contributed by atoms with van der Waals surface area (Å²) in [5.74, 6) is 1.58. The Kier molecular flexibility index (Phi) is 3.75. The van der Waals surface area contributed by atoms with Gasteiger partial charge in [0.05, 0.1) is 11.0 Å². The first kappa shape index (κ1) is 13.8. The summed E-state index contributed by atoms with van der Waals surface area (Å²) in [5.41, 5.74) is 14.6. The number of rotatable bonds is 5. The van der Waals surface area contributed by atoms with E-state index < -0.39 is 0 Å². The zero-order chi connectivity index (χ0) is 14.8. The summed E-state index contributed by atoms with van der Waals surface area (Å²) in [6.45, 7) is 3.70. The van der Waals surface area contributed by atoms with E-state index in [0.29, 0.717) is 12.4 Å². The second-order valence-electron chi connectivity index (χ2n) is 5.28. The lowest BCUT2D eigenvalue weighted by Gasteiger charge is -2.09. The number of aryl methyl sites for hydroxylation is 2. The van der Waals surface area contributed by atoms with Crippen LogP contribution in [0, 0.1) is 0 Å². The van der Waals surface area contributed by atoms with Gasteiger partial charge in [0.2, 0.25) is 0 Å². The maximum Gasteiger partial charge on any atom is 0.152 e. The molecular formula is C16H21N5. The van der Waals surface area contributed by atoms with Crippen LogP contribution in [-0.2, 0) is 13.0 Å². The first-order chi connectivity index (χ1) is 10.3. The first-order valence-corrected chi connectivity index (χ1v) is 7.49. The molecule has 0 spiro atoms. The van der Waals surface area contributed by atoms with E-state index in [1.165, 1.54) is 0 Å². The van der Waals surface area contributed by atoms with E-state index >= 15 is 0 Å². The van der Waals surface area contributed by atoms with E-state index in [-0.39, 0.29) is 0 Å². The van der Waals surface area contributed by atoms with Crippen molar-refractivity contribution in [1.29, 1.82) is 0 Å². The summed E-state index contributed by atoms with van der Waals surface area (Å²) in [4.78, 5) is 9.22. The highest BCUT2D eigenvalue weighted by Gasteiger charge is 2.16. The number of imidazole rings is 1. The molecule has 5 nitrogen and oxygen atoms in total. The minimum absolute atomic E-state index is 0.507. The smallest absolute Gasteiger partial charge is 0.152 e. The average Bonchev–Trinajstić information content (AvgIpc) is 2.85. The molecular weight excluding hydrogens is 262 g/mol. The van der Waals surface area contributed by atoms with Gasteiger partial charge in [-0.3, -0.25) is 0 Å². The number of aromatic nitrogens is 3. The van der Waals surface area contributed by atoms with Gasteiger partial charge in [0.1, 0.15) is 11.3 Å². The second-order valence-corrected chi connectivity index (χ2v) is 5.28. The minimum Gasteiger partial charge on any atom is -0.382 e. The normalized spacial score (nSPS) is 11.5. The predicted molar refractivity (Wildman–Crippen MR) is 87.1 cm³/mol. The van der Waals surface area contributed by atoms with Crippen LogP contribution >= 0.6 is 0 Å². The van der Waals surface area contributed by atoms with Crippen molar-refractivity contribution in [3.8, 4) is 0 Å². The molecule has 0 aliphatic carbocycles.